The maximum atomic E-state index is 15.0. The van der Waals surface area contributed by atoms with Crippen LogP contribution in [0, 0.1) is 12.7 Å². The number of thiazole rings is 1. The summed E-state index contributed by atoms with van der Waals surface area (Å²) in [4.78, 5) is 26.0. The van der Waals surface area contributed by atoms with Crippen LogP contribution in [0.2, 0.25) is 5.02 Å². The van der Waals surface area contributed by atoms with Gasteiger partial charge in [-0.05, 0) is 48.9 Å². The molecule has 0 saturated heterocycles. The summed E-state index contributed by atoms with van der Waals surface area (Å²) < 4.78 is 32.2. The normalized spacial score (nSPS) is 14.4. The average Bonchev–Trinajstić information content (AvgIpc) is 3.53. The highest BCUT2D eigenvalue weighted by Gasteiger charge is 2.31. The minimum absolute atomic E-state index is 0.0410. The zero-order chi connectivity index (χ0) is 26.4. The van der Waals surface area contributed by atoms with E-state index in [0.717, 1.165) is 15.8 Å². The summed E-state index contributed by atoms with van der Waals surface area (Å²) in [6.07, 6.45) is 0.782. The van der Waals surface area contributed by atoms with Gasteiger partial charge in [-0.15, -0.1) is 11.3 Å². The van der Waals surface area contributed by atoms with Crippen LogP contribution in [-0.4, -0.2) is 40.9 Å². The van der Waals surface area contributed by atoms with Crippen LogP contribution in [0.15, 0.2) is 48.7 Å². The Balaban J connectivity index is 1.25. The highest BCUT2D eigenvalue weighted by atomic mass is 35.5. The summed E-state index contributed by atoms with van der Waals surface area (Å²) in [5.41, 5.74) is 4.95. The molecule has 1 atom stereocenters. The van der Waals surface area contributed by atoms with Crippen molar-refractivity contribution in [3.05, 3.63) is 70.6 Å². The minimum atomic E-state index is -0.637. The van der Waals surface area contributed by atoms with Crippen molar-refractivity contribution in [2.24, 2.45) is 0 Å². The lowest BCUT2D eigenvalue weighted by atomic mass is 10.1. The van der Waals surface area contributed by atoms with Crippen molar-refractivity contribution in [2.45, 2.75) is 19.4 Å². The van der Waals surface area contributed by atoms with Gasteiger partial charge in [-0.3, -0.25) is 5.32 Å². The summed E-state index contributed by atoms with van der Waals surface area (Å²) in [5, 5.41) is 3.88. The number of rotatable bonds is 5. The van der Waals surface area contributed by atoms with E-state index in [0.29, 0.717) is 50.1 Å². The molecule has 0 spiro atoms. The first-order valence-electron chi connectivity index (χ1n) is 11.7. The van der Waals surface area contributed by atoms with Crippen molar-refractivity contribution in [3.63, 3.8) is 0 Å². The van der Waals surface area contributed by atoms with Crippen LogP contribution in [0.25, 0.3) is 31.8 Å². The van der Waals surface area contributed by atoms with E-state index in [1.165, 1.54) is 17.4 Å². The third-order valence-electron chi connectivity index (χ3n) is 6.10. The number of benzene rings is 3. The monoisotopic (exact) mass is 550 g/mol. The third-order valence-corrected chi connectivity index (χ3v) is 7.51. The van der Waals surface area contributed by atoms with Gasteiger partial charge in [0.1, 0.15) is 17.7 Å². The molecule has 38 heavy (non-hydrogen) atoms. The molecule has 0 bridgehead atoms. The molecular formula is C27H20ClFN4O4S. The predicted molar refractivity (Wildman–Crippen MR) is 144 cm³/mol. The van der Waals surface area contributed by atoms with Crippen LogP contribution >= 0.6 is 22.9 Å². The molecule has 3 aromatic carbocycles. The van der Waals surface area contributed by atoms with Gasteiger partial charge < -0.3 is 14.2 Å². The van der Waals surface area contributed by atoms with Crippen LogP contribution in [0.3, 0.4) is 0 Å². The first-order valence-corrected chi connectivity index (χ1v) is 12.9. The number of hydrogen-bond donors (Lipinski definition) is 1. The molecule has 11 heteroatoms. The second kappa shape index (κ2) is 9.70. The van der Waals surface area contributed by atoms with Crippen molar-refractivity contribution in [1.29, 1.82) is 0 Å². The van der Waals surface area contributed by atoms with Gasteiger partial charge in [0.25, 0.3) is 0 Å². The molecule has 5 aromatic rings. The molecule has 1 N–H and O–H groups in total. The van der Waals surface area contributed by atoms with E-state index in [2.05, 4.69) is 15.3 Å². The molecule has 6 rings (SSSR count). The predicted octanol–water partition coefficient (Wildman–Crippen LogP) is 6.57. The highest BCUT2D eigenvalue weighted by Crippen LogP contribution is 2.43. The number of carbonyl (C=O) groups is 1. The molecule has 0 radical (unpaired) electrons. The molecular weight excluding hydrogens is 531 g/mol. The van der Waals surface area contributed by atoms with Crippen LogP contribution in [0.4, 0.5) is 14.9 Å². The number of nitrogens with zero attached hydrogens (tertiary/aromatic N) is 3. The Kier molecular flexibility index (Phi) is 6.21. The van der Waals surface area contributed by atoms with E-state index >= 15 is 0 Å². The number of ether oxygens (including phenoxy) is 3. The Morgan fingerprint density at radius 1 is 1.21 bits per heavy atom. The van der Waals surface area contributed by atoms with Gasteiger partial charge in [0.15, 0.2) is 11.6 Å². The van der Waals surface area contributed by atoms with Crippen LogP contribution in [-0.2, 0) is 11.2 Å². The maximum Gasteiger partial charge on any atom is 0.411 e. The smallest absolute Gasteiger partial charge is 0.411 e. The van der Waals surface area contributed by atoms with E-state index in [-0.39, 0.29) is 12.4 Å². The number of aromatic nitrogens is 3. The fourth-order valence-electron chi connectivity index (χ4n) is 4.40. The van der Waals surface area contributed by atoms with E-state index in [1.807, 2.05) is 19.1 Å². The fourth-order valence-corrected chi connectivity index (χ4v) is 5.64. The first-order chi connectivity index (χ1) is 18.4. The summed E-state index contributed by atoms with van der Waals surface area (Å²) in [7, 11) is 1.54. The van der Waals surface area contributed by atoms with Crippen molar-refractivity contribution in [3.8, 4) is 22.2 Å². The molecule has 3 heterocycles. The van der Waals surface area contributed by atoms with E-state index in [1.54, 1.807) is 37.6 Å². The van der Waals surface area contributed by atoms with E-state index < -0.39 is 18.0 Å². The van der Waals surface area contributed by atoms with Gasteiger partial charge in [0, 0.05) is 34.3 Å². The number of carbonyl (C=O) groups excluding carboxylic acids is 1. The van der Waals surface area contributed by atoms with E-state index in [9.17, 15) is 9.18 Å². The summed E-state index contributed by atoms with van der Waals surface area (Å²) >= 11 is 7.31. The van der Waals surface area contributed by atoms with Crippen molar-refractivity contribution in [1.82, 2.24) is 15.0 Å². The minimum Gasteiger partial charge on any atom is -0.483 e. The zero-order valence-corrected chi connectivity index (χ0v) is 21.8. The zero-order valence-electron chi connectivity index (χ0n) is 20.2. The summed E-state index contributed by atoms with van der Waals surface area (Å²) in [5.74, 6) is 0.0830. The van der Waals surface area contributed by atoms with Crippen molar-refractivity contribution in [2.75, 3.05) is 19.0 Å². The molecule has 1 amide bonds. The second-order valence-corrected chi connectivity index (χ2v) is 10.2. The Labute approximate surface area is 225 Å². The Morgan fingerprint density at radius 2 is 2.03 bits per heavy atom. The number of amides is 1. The van der Waals surface area contributed by atoms with Crippen LogP contribution in [0.5, 0.6) is 11.6 Å². The van der Waals surface area contributed by atoms with Gasteiger partial charge >= 0.3 is 6.09 Å². The van der Waals surface area contributed by atoms with Crippen molar-refractivity contribution < 1.29 is 23.4 Å². The third kappa shape index (κ3) is 4.57. The number of nitrogens with one attached hydrogen (secondary N) is 1. The number of anilines is 1. The maximum absolute atomic E-state index is 15.0. The molecule has 0 unspecified atom stereocenters. The van der Waals surface area contributed by atoms with Gasteiger partial charge in [-0.2, -0.15) is 0 Å². The van der Waals surface area contributed by atoms with Gasteiger partial charge in [0.2, 0.25) is 5.88 Å². The second-order valence-electron chi connectivity index (χ2n) is 8.80. The number of hydrogen-bond acceptors (Lipinski definition) is 8. The van der Waals surface area contributed by atoms with Crippen LogP contribution in [0.1, 0.15) is 11.1 Å². The summed E-state index contributed by atoms with van der Waals surface area (Å²) in [6.45, 7) is 1.93. The Morgan fingerprint density at radius 3 is 2.82 bits per heavy atom. The first kappa shape index (κ1) is 24.3. The molecule has 2 aromatic heterocycles. The number of aryl methyl sites for hydroxylation is 1. The highest BCUT2D eigenvalue weighted by molar-refractivity contribution is 7.22. The average molecular weight is 551 g/mol. The van der Waals surface area contributed by atoms with Crippen LogP contribution < -0.4 is 14.8 Å². The lowest BCUT2D eigenvalue weighted by molar-refractivity contribution is 0.100. The standard InChI is InChI=1S/C27H20ClFN4O4S/c1-13-7-17(23-20(8-13)32-22(35-2)11-30-23)26-33-21-10-19(29)24-18(25(21)38-26)9-16(37-24)12-36-27(34)31-15-5-3-14(28)4-6-15/h3-8,10-11,16H,9,12H2,1-2H3,(H,31,34)/t16-/m0/s1. The van der Waals surface area contributed by atoms with E-state index in [4.69, 9.17) is 30.8 Å². The molecule has 192 valence electrons. The summed E-state index contributed by atoms with van der Waals surface area (Å²) in [6, 6.07) is 11.9. The molecule has 1 aliphatic heterocycles. The Hall–Kier alpha value is -4.02. The lowest BCUT2D eigenvalue weighted by Gasteiger charge is -2.12. The number of halogens is 2. The molecule has 0 fully saturated rings. The Bertz CT molecular complexity index is 1710. The van der Waals surface area contributed by atoms with Gasteiger partial charge in [0.05, 0.1) is 34.6 Å². The topological polar surface area (TPSA) is 95.5 Å². The molecule has 0 saturated carbocycles. The molecule has 0 aliphatic carbocycles. The SMILES string of the molecule is COc1cnc2c(-c3nc4cc(F)c5c(c4s3)C[C@@H](COC(=O)Nc3ccc(Cl)cc3)O5)cc(C)cc2n1. The number of fused-ring (bicyclic) bond motifs is 4. The van der Waals surface area contributed by atoms with Crippen molar-refractivity contribution >= 4 is 56.0 Å². The largest absolute Gasteiger partial charge is 0.483 e. The van der Waals surface area contributed by atoms with Gasteiger partial charge in [-0.25, -0.2) is 24.1 Å². The molecule has 8 nitrogen and oxygen atoms in total. The fraction of sp³-hybridized carbons (Fsp3) is 0.185. The van der Waals surface area contributed by atoms with Gasteiger partial charge in [-0.1, -0.05) is 11.6 Å². The molecule has 1 aliphatic rings. The lowest BCUT2D eigenvalue weighted by Crippen LogP contribution is -2.25. The number of methoxy groups -OCH3 is 1. The quantitative estimate of drug-likeness (QED) is 0.264.